The highest BCUT2D eigenvalue weighted by atomic mass is 35.5. The van der Waals surface area contributed by atoms with Crippen molar-refractivity contribution in [2.24, 2.45) is 5.92 Å². The number of alkyl halides is 2. The molecule has 1 saturated carbocycles. The number of rotatable bonds is 4. The van der Waals surface area contributed by atoms with Crippen molar-refractivity contribution in [3.05, 3.63) is 39.9 Å². The standard InChI is InChI=1S/C16H12Cl2F2O2/c17-13-2-11-4-15(22-8-9-5-16(19,20)6-9)14(18)3-10(11)1-12(13)7-21/h1-4,7,9H,5-6,8H2. The van der Waals surface area contributed by atoms with Gasteiger partial charge in [-0.3, -0.25) is 4.79 Å². The van der Waals surface area contributed by atoms with Gasteiger partial charge >= 0.3 is 0 Å². The summed E-state index contributed by atoms with van der Waals surface area (Å²) in [6.45, 7) is 0.209. The maximum Gasteiger partial charge on any atom is 0.248 e. The van der Waals surface area contributed by atoms with Gasteiger partial charge in [-0.1, -0.05) is 23.2 Å². The van der Waals surface area contributed by atoms with E-state index in [1.54, 1.807) is 24.3 Å². The minimum Gasteiger partial charge on any atom is -0.492 e. The molecule has 1 aliphatic carbocycles. The molecule has 0 radical (unpaired) electrons. The molecule has 2 nitrogen and oxygen atoms in total. The maximum atomic E-state index is 12.8. The Balaban J connectivity index is 1.81. The van der Waals surface area contributed by atoms with Gasteiger partial charge in [-0.15, -0.1) is 0 Å². The van der Waals surface area contributed by atoms with Crippen LogP contribution in [-0.4, -0.2) is 18.8 Å². The van der Waals surface area contributed by atoms with E-state index < -0.39 is 5.92 Å². The second kappa shape index (κ2) is 5.67. The normalized spacial score (nSPS) is 17.3. The number of hydrogen-bond donors (Lipinski definition) is 0. The van der Waals surface area contributed by atoms with E-state index in [0.29, 0.717) is 27.6 Å². The van der Waals surface area contributed by atoms with Gasteiger partial charge in [-0.25, -0.2) is 8.78 Å². The Morgan fingerprint density at radius 2 is 1.77 bits per heavy atom. The van der Waals surface area contributed by atoms with Gasteiger partial charge in [0.15, 0.2) is 6.29 Å². The fourth-order valence-corrected chi connectivity index (χ4v) is 3.05. The van der Waals surface area contributed by atoms with Gasteiger partial charge in [0.05, 0.1) is 16.7 Å². The molecule has 2 aromatic rings. The number of hydrogen-bond acceptors (Lipinski definition) is 2. The molecule has 0 bridgehead atoms. The molecule has 0 N–H and O–H groups in total. The summed E-state index contributed by atoms with van der Waals surface area (Å²) >= 11 is 12.1. The van der Waals surface area contributed by atoms with Crippen LogP contribution in [0.15, 0.2) is 24.3 Å². The Hall–Kier alpha value is -1.39. The Morgan fingerprint density at radius 1 is 1.14 bits per heavy atom. The third-order valence-electron chi connectivity index (χ3n) is 3.78. The molecular formula is C16H12Cl2F2O2. The minimum absolute atomic E-state index is 0.146. The molecule has 0 spiro atoms. The second-order valence-electron chi connectivity index (χ2n) is 5.56. The third kappa shape index (κ3) is 3.03. The smallest absolute Gasteiger partial charge is 0.248 e. The monoisotopic (exact) mass is 344 g/mol. The zero-order valence-electron chi connectivity index (χ0n) is 11.4. The Kier molecular flexibility index (Phi) is 4.00. The molecule has 1 aliphatic rings. The average Bonchev–Trinajstić information content (AvgIpc) is 2.42. The molecule has 6 heteroatoms. The zero-order valence-corrected chi connectivity index (χ0v) is 12.9. The Morgan fingerprint density at radius 3 is 2.41 bits per heavy atom. The quantitative estimate of drug-likeness (QED) is 0.695. The molecule has 0 atom stereocenters. The van der Waals surface area contributed by atoms with Gasteiger partial charge in [0.25, 0.3) is 0 Å². The van der Waals surface area contributed by atoms with Gasteiger partial charge in [0.2, 0.25) is 5.92 Å². The largest absolute Gasteiger partial charge is 0.492 e. The first-order valence-corrected chi connectivity index (χ1v) is 7.52. The highest BCUT2D eigenvalue weighted by Gasteiger charge is 2.45. The highest BCUT2D eigenvalue weighted by molar-refractivity contribution is 6.34. The predicted molar refractivity (Wildman–Crippen MR) is 82.5 cm³/mol. The second-order valence-corrected chi connectivity index (χ2v) is 6.38. The number of ether oxygens (including phenoxy) is 1. The lowest BCUT2D eigenvalue weighted by molar-refractivity contribution is -0.119. The molecule has 2 aromatic carbocycles. The lowest BCUT2D eigenvalue weighted by Crippen LogP contribution is -2.38. The molecule has 0 amide bonds. The summed E-state index contributed by atoms with van der Waals surface area (Å²) in [5.41, 5.74) is 0.385. The van der Waals surface area contributed by atoms with Crippen molar-refractivity contribution < 1.29 is 18.3 Å². The van der Waals surface area contributed by atoms with Crippen molar-refractivity contribution in [3.63, 3.8) is 0 Å². The fourth-order valence-electron chi connectivity index (χ4n) is 2.60. The average molecular weight is 345 g/mol. The Bertz CT molecular complexity index is 738. The zero-order chi connectivity index (χ0) is 15.9. The lowest BCUT2D eigenvalue weighted by Gasteiger charge is -2.34. The molecule has 0 aromatic heterocycles. The molecule has 0 aliphatic heterocycles. The molecule has 3 rings (SSSR count). The van der Waals surface area contributed by atoms with E-state index in [2.05, 4.69) is 0 Å². The van der Waals surface area contributed by atoms with Crippen LogP contribution in [0.1, 0.15) is 23.2 Å². The summed E-state index contributed by atoms with van der Waals surface area (Å²) in [5, 5.41) is 2.25. The summed E-state index contributed by atoms with van der Waals surface area (Å²) in [4.78, 5) is 10.9. The van der Waals surface area contributed by atoms with Crippen LogP contribution in [-0.2, 0) is 0 Å². The van der Waals surface area contributed by atoms with Crippen LogP contribution in [0.3, 0.4) is 0 Å². The van der Waals surface area contributed by atoms with E-state index in [-0.39, 0.29) is 25.4 Å². The van der Waals surface area contributed by atoms with Crippen LogP contribution in [0, 0.1) is 5.92 Å². The van der Waals surface area contributed by atoms with Crippen molar-refractivity contribution >= 4 is 40.3 Å². The molecule has 0 unspecified atom stereocenters. The molecular weight excluding hydrogens is 333 g/mol. The molecule has 1 fully saturated rings. The van der Waals surface area contributed by atoms with Crippen LogP contribution in [0.4, 0.5) is 8.78 Å². The summed E-state index contributed by atoms with van der Waals surface area (Å²) in [7, 11) is 0. The van der Waals surface area contributed by atoms with Crippen LogP contribution in [0.25, 0.3) is 10.8 Å². The molecule has 116 valence electrons. The van der Waals surface area contributed by atoms with Gasteiger partial charge in [-0.2, -0.15) is 0 Å². The summed E-state index contributed by atoms with van der Waals surface area (Å²) in [6.07, 6.45) is 0.385. The van der Waals surface area contributed by atoms with Crippen LogP contribution in [0.2, 0.25) is 10.0 Å². The van der Waals surface area contributed by atoms with Crippen molar-refractivity contribution in [1.29, 1.82) is 0 Å². The Labute approximate surface area is 136 Å². The van der Waals surface area contributed by atoms with Crippen LogP contribution >= 0.6 is 23.2 Å². The number of carbonyl (C=O) groups is 1. The fraction of sp³-hybridized carbons (Fsp3) is 0.312. The highest BCUT2D eigenvalue weighted by Crippen LogP contribution is 2.43. The topological polar surface area (TPSA) is 26.3 Å². The van der Waals surface area contributed by atoms with Gasteiger partial charge in [0, 0.05) is 24.3 Å². The van der Waals surface area contributed by atoms with Crippen molar-refractivity contribution in [3.8, 4) is 5.75 Å². The van der Waals surface area contributed by atoms with E-state index in [9.17, 15) is 13.6 Å². The number of aldehydes is 1. The van der Waals surface area contributed by atoms with Gasteiger partial charge < -0.3 is 4.74 Å². The molecule has 0 saturated heterocycles. The number of benzene rings is 2. The van der Waals surface area contributed by atoms with E-state index in [0.717, 1.165) is 10.8 Å². The van der Waals surface area contributed by atoms with Crippen molar-refractivity contribution in [2.75, 3.05) is 6.61 Å². The van der Waals surface area contributed by atoms with E-state index >= 15 is 0 Å². The summed E-state index contributed by atoms with van der Waals surface area (Å²) < 4.78 is 31.1. The lowest BCUT2D eigenvalue weighted by atomic mass is 9.82. The van der Waals surface area contributed by atoms with E-state index in [1.165, 1.54) is 0 Å². The van der Waals surface area contributed by atoms with Crippen molar-refractivity contribution in [2.45, 2.75) is 18.8 Å². The van der Waals surface area contributed by atoms with Gasteiger partial charge in [0.1, 0.15) is 5.75 Å². The predicted octanol–water partition coefficient (Wildman–Crippen LogP) is 5.38. The van der Waals surface area contributed by atoms with E-state index in [1.807, 2.05) is 0 Å². The first-order valence-electron chi connectivity index (χ1n) is 6.76. The van der Waals surface area contributed by atoms with Crippen LogP contribution in [0.5, 0.6) is 5.75 Å². The van der Waals surface area contributed by atoms with Crippen molar-refractivity contribution in [1.82, 2.24) is 0 Å². The third-order valence-corrected chi connectivity index (χ3v) is 4.41. The first kappa shape index (κ1) is 15.5. The number of halogens is 4. The number of fused-ring (bicyclic) bond motifs is 1. The van der Waals surface area contributed by atoms with Crippen LogP contribution < -0.4 is 4.74 Å². The maximum absolute atomic E-state index is 12.8. The summed E-state index contributed by atoms with van der Waals surface area (Å²) in [5.74, 6) is -2.28. The molecule has 0 heterocycles. The SMILES string of the molecule is O=Cc1cc2cc(Cl)c(OCC3CC(F)(F)C3)cc2cc1Cl. The molecule has 22 heavy (non-hydrogen) atoms. The minimum atomic E-state index is -2.56. The van der Waals surface area contributed by atoms with Gasteiger partial charge in [-0.05, 0) is 35.0 Å². The summed E-state index contributed by atoms with van der Waals surface area (Å²) in [6, 6.07) is 6.67. The first-order chi connectivity index (χ1) is 10.4. The number of carbonyl (C=O) groups excluding carboxylic acids is 1. The van der Waals surface area contributed by atoms with E-state index in [4.69, 9.17) is 27.9 Å².